The van der Waals surface area contributed by atoms with Crippen molar-refractivity contribution in [2.45, 2.75) is 41.0 Å². The molecule has 0 atom stereocenters. The van der Waals surface area contributed by atoms with Crippen LogP contribution in [0.3, 0.4) is 0 Å². The molecule has 0 fully saturated rings. The third-order valence-electron chi connectivity index (χ3n) is 2.95. The van der Waals surface area contributed by atoms with E-state index in [1.807, 2.05) is 6.92 Å². The van der Waals surface area contributed by atoms with Gasteiger partial charge in [-0.1, -0.05) is 39.5 Å². The van der Waals surface area contributed by atoms with Crippen LogP contribution in [0.15, 0.2) is 47.5 Å². The van der Waals surface area contributed by atoms with Crippen LogP contribution in [0, 0.1) is 5.92 Å². The van der Waals surface area contributed by atoms with Crippen LogP contribution in [0.4, 0.5) is 0 Å². The highest BCUT2D eigenvalue weighted by atomic mass is 15.1. The molecular formula is C15H23N. The molecule has 0 saturated carbocycles. The van der Waals surface area contributed by atoms with Crippen LogP contribution in [-0.2, 0) is 0 Å². The van der Waals surface area contributed by atoms with Gasteiger partial charge < -0.3 is 4.90 Å². The van der Waals surface area contributed by atoms with Gasteiger partial charge in [-0.2, -0.15) is 0 Å². The quantitative estimate of drug-likeness (QED) is 0.667. The molecule has 0 N–H and O–H groups in total. The zero-order valence-electron chi connectivity index (χ0n) is 11.2. The van der Waals surface area contributed by atoms with E-state index in [2.05, 4.69) is 57.5 Å². The Bertz CT molecular complexity index is 367. The Morgan fingerprint density at radius 1 is 1.44 bits per heavy atom. The van der Waals surface area contributed by atoms with Crippen LogP contribution in [0.5, 0.6) is 0 Å². The summed E-state index contributed by atoms with van der Waals surface area (Å²) in [4.78, 5) is 2.23. The average Bonchev–Trinajstić information content (AvgIpc) is 2.24. The number of hydrogen-bond acceptors (Lipinski definition) is 1. The molecule has 1 aliphatic rings. The highest BCUT2D eigenvalue weighted by molar-refractivity contribution is 5.45. The molecule has 0 saturated heterocycles. The predicted octanol–water partition coefficient (Wildman–Crippen LogP) is 4.62. The van der Waals surface area contributed by atoms with E-state index in [-0.39, 0.29) is 0 Å². The van der Waals surface area contributed by atoms with Crippen molar-refractivity contribution in [1.29, 1.82) is 0 Å². The second-order valence-electron chi connectivity index (χ2n) is 4.55. The van der Waals surface area contributed by atoms with Crippen molar-refractivity contribution in [3.63, 3.8) is 0 Å². The molecule has 16 heavy (non-hydrogen) atoms. The van der Waals surface area contributed by atoms with Crippen molar-refractivity contribution in [1.82, 2.24) is 4.90 Å². The average molecular weight is 217 g/mol. The molecule has 1 rings (SSSR count). The Hall–Kier alpha value is -1.24. The van der Waals surface area contributed by atoms with Crippen LogP contribution in [-0.4, -0.2) is 4.90 Å². The Labute approximate surface area is 99.8 Å². The molecule has 1 heterocycles. The van der Waals surface area contributed by atoms with E-state index in [9.17, 15) is 0 Å². The van der Waals surface area contributed by atoms with Crippen molar-refractivity contribution in [2.24, 2.45) is 5.92 Å². The van der Waals surface area contributed by atoms with E-state index >= 15 is 0 Å². The SMILES string of the molecule is C=C1C(C)=CC(CC)=C(C(C)C)N1/C=C\C. The minimum atomic E-state index is 0.521. The lowest BCUT2D eigenvalue weighted by Gasteiger charge is -2.34. The second kappa shape index (κ2) is 5.20. The summed E-state index contributed by atoms with van der Waals surface area (Å²) in [6.07, 6.45) is 7.53. The molecule has 1 heteroatoms. The summed E-state index contributed by atoms with van der Waals surface area (Å²) in [5.74, 6) is 0.521. The summed E-state index contributed by atoms with van der Waals surface area (Å²) >= 11 is 0. The fourth-order valence-corrected chi connectivity index (χ4v) is 2.16. The monoisotopic (exact) mass is 217 g/mol. The largest absolute Gasteiger partial charge is 0.321 e. The van der Waals surface area contributed by atoms with E-state index in [0.717, 1.165) is 12.1 Å². The van der Waals surface area contributed by atoms with Crippen molar-refractivity contribution >= 4 is 0 Å². The molecule has 0 spiro atoms. The van der Waals surface area contributed by atoms with Gasteiger partial charge in [-0.05, 0) is 37.3 Å². The van der Waals surface area contributed by atoms with Crippen molar-refractivity contribution in [3.8, 4) is 0 Å². The number of rotatable bonds is 3. The van der Waals surface area contributed by atoms with Crippen LogP contribution < -0.4 is 0 Å². The Kier molecular flexibility index (Phi) is 4.17. The molecule has 1 nitrogen and oxygen atoms in total. The first-order valence-electron chi connectivity index (χ1n) is 6.05. The molecule has 0 aromatic heterocycles. The maximum absolute atomic E-state index is 4.17. The summed E-state index contributed by atoms with van der Waals surface area (Å²) in [5, 5.41) is 0. The Morgan fingerprint density at radius 2 is 2.06 bits per heavy atom. The standard InChI is InChI=1S/C15H23N/c1-7-9-16-13(6)12(5)10-14(8-2)15(16)11(3)4/h7,9-11H,6,8H2,1-5H3/b9-7-. The van der Waals surface area contributed by atoms with Crippen molar-refractivity contribution < 1.29 is 0 Å². The molecule has 0 aromatic carbocycles. The van der Waals surface area contributed by atoms with Gasteiger partial charge in [-0.15, -0.1) is 0 Å². The minimum absolute atomic E-state index is 0.521. The van der Waals surface area contributed by atoms with Crippen molar-refractivity contribution in [2.75, 3.05) is 0 Å². The summed E-state index contributed by atoms with van der Waals surface area (Å²) in [5.41, 5.74) is 5.17. The molecule has 0 amide bonds. The number of allylic oxidation sites excluding steroid dienone is 5. The first-order valence-corrected chi connectivity index (χ1v) is 6.05. The van der Waals surface area contributed by atoms with Gasteiger partial charge in [-0.25, -0.2) is 0 Å². The lowest BCUT2D eigenvalue weighted by atomic mass is 9.94. The van der Waals surface area contributed by atoms with Gasteiger partial charge in [0.25, 0.3) is 0 Å². The van der Waals surface area contributed by atoms with Gasteiger partial charge in [0, 0.05) is 17.6 Å². The molecule has 88 valence electrons. The lowest BCUT2D eigenvalue weighted by molar-refractivity contribution is 0.485. The van der Waals surface area contributed by atoms with Crippen LogP contribution >= 0.6 is 0 Å². The van der Waals surface area contributed by atoms with Crippen LogP contribution in [0.25, 0.3) is 0 Å². The maximum Gasteiger partial charge on any atom is 0.0409 e. The van der Waals surface area contributed by atoms with Crippen LogP contribution in [0.1, 0.15) is 41.0 Å². The minimum Gasteiger partial charge on any atom is -0.321 e. The summed E-state index contributed by atoms with van der Waals surface area (Å²) < 4.78 is 0. The first kappa shape index (κ1) is 12.8. The van der Waals surface area contributed by atoms with E-state index in [4.69, 9.17) is 0 Å². The summed E-state index contributed by atoms with van der Waals surface area (Å²) in [6.45, 7) is 15.0. The van der Waals surface area contributed by atoms with Gasteiger partial charge >= 0.3 is 0 Å². The zero-order valence-corrected chi connectivity index (χ0v) is 11.2. The zero-order chi connectivity index (χ0) is 12.3. The van der Waals surface area contributed by atoms with Crippen LogP contribution in [0.2, 0.25) is 0 Å². The second-order valence-corrected chi connectivity index (χ2v) is 4.55. The Balaban J connectivity index is 3.30. The van der Waals surface area contributed by atoms with Gasteiger partial charge in [0.05, 0.1) is 0 Å². The predicted molar refractivity (Wildman–Crippen MR) is 71.7 cm³/mol. The topological polar surface area (TPSA) is 3.24 Å². The molecule has 0 bridgehead atoms. The van der Waals surface area contributed by atoms with E-state index in [0.29, 0.717) is 5.92 Å². The fraction of sp³-hybridized carbons (Fsp3) is 0.467. The Morgan fingerprint density at radius 3 is 2.50 bits per heavy atom. The molecule has 1 aliphatic heterocycles. The van der Waals surface area contributed by atoms with Gasteiger partial charge in [0.15, 0.2) is 0 Å². The van der Waals surface area contributed by atoms with Gasteiger partial charge in [0.2, 0.25) is 0 Å². The molecular weight excluding hydrogens is 194 g/mol. The highest BCUT2D eigenvalue weighted by Gasteiger charge is 2.21. The third-order valence-corrected chi connectivity index (χ3v) is 2.95. The molecule has 0 aromatic rings. The third kappa shape index (κ3) is 2.29. The maximum atomic E-state index is 4.17. The lowest BCUT2D eigenvalue weighted by Crippen LogP contribution is -2.24. The molecule has 0 radical (unpaired) electrons. The van der Waals surface area contributed by atoms with Gasteiger partial charge in [0.1, 0.15) is 0 Å². The van der Waals surface area contributed by atoms with E-state index in [1.165, 1.54) is 16.8 Å². The van der Waals surface area contributed by atoms with E-state index in [1.54, 1.807) is 0 Å². The highest BCUT2D eigenvalue weighted by Crippen LogP contribution is 2.34. The van der Waals surface area contributed by atoms with Crippen molar-refractivity contribution in [3.05, 3.63) is 47.5 Å². The summed E-state index contributed by atoms with van der Waals surface area (Å²) in [6, 6.07) is 0. The van der Waals surface area contributed by atoms with Gasteiger partial charge in [-0.3, -0.25) is 0 Å². The van der Waals surface area contributed by atoms with E-state index < -0.39 is 0 Å². The number of hydrogen-bond donors (Lipinski definition) is 0. The summed E-state index contributed by atoms with van der Waals surface area (Å²) in [7, 11) is 0. The molecule has 0 unspecified atom stereocenters. The first-order chi connectivity index (χ1) is 7.52. The fourth-order valence-electron chi connectivity index (χ4n) is 2.16. The normalized spacial score (nSPS) is 17.8. The molecule has 0 aliphatic carbocycles. The smallest absolute Gasteiger partial charge is 0.0409 e. The number of nitrogens with zero attached hydrogens (tertiary/aromatic N) is 1.